The fraction of sp³-hybridized carbons (Fsp3) is 0.296. The van der Waals surface area contributed by atoms with Gasteiger partial charge in [0.05, 0.1) is 34.2 Å². The van der Waals surface area contributed by atoms with Gasteiger partial charge in [0.2, 0.25) is 5.95 Å². The molecule has 40 heavy (non-hydrogen) atoms. The number of rotatable bonds is 8. The van der Waals surface area contributed by atoms with Crippen LogP contribution in [-0.2, 0) is 0 Å². The molecule has 2 aromatic heterocycles. The third kappa shape index (κ3) is 5.91. The maximum atomic E-state index is 13.2. The second-order valence-electron chi connectivity index (χ2n) is 9.22. The molecule has 1 aliphatic rings. The molecular formula is C27H30BrN9O2S. The number of hydrogen-bond donors (Lipinski definition) is 2. The van der Waals surface area contributed by atoms with E-state index in [1.54, 1.807) is 55.8 Å². The van der Waals surface area contributed by atoms with Crippen LogP contribution in [0.5, 0.6) is 5.75 Å². The number of nitrogens with one attached hydrogen (secondary N) is 2. The molecule has 11 nitrogen and oxygen atoms in total. The standard InChI is InChI=1S/C27H30BrN9O2S/c1-35-11-13-37(14-12-35)26(38)17-5-8-22(39-3)21(15-17)33-27-31-16-18(28)25(34-27)32-20-7-6-19-23(30-10-9-29-19)24(20)36(2)40-4/h5-10,15-16H,11-14H2,1-4H3,(H2,31,32,33,34). The van der Waals surface area contributed by atoms with Crippen LogP contribution in [0.25, 0.3) is 11.0 Å². The third-order valence-electron chi connectivity index (χ3n) is 6.68. The monoisotopic (exact) mass is 623 g/mol. The van der Waals surface area contributed by atoms with E-state index >= 15 is 0 Å². The van der Waals surface area contributed by atoms with Gasteiger partial charge in [-0.1, -0.05) is 11.9 Å². The Hall–Kier alpha value is -3.68. The van der Waals surface area contributed by atoms with Crippen LogP contribution < -0.4 is 19.7 Å². The van der Waals surface area contributed by atoms with Gasteiger partial charge in [0.1, 0.15) is 17.1 Å². The van der Waals surface area contributed by atoms with Gasteiger partial charge in [-0.2, -0.15) is 4.98 Å². The summed E-state index contributed by atoms with van der Waals surface area (Å²) in [5.41, 5.74) is 4.44. The molecule has 13 heteroatoms. The van der Waals surface area contributed by atoms with E-state index in [2.05, 4.69) is 53.5 Å². The van der Waals surface area contributed by atoms with Crippen molar-refractivity contribution in [1.29, 1.82) is 0 Å². The molecule has 0 saturated carbocycles. The summed E-state index contributed by atoms with van der Waals surface area (Å²) in [6, 6.07) is 9.23. The van der Waals surface area contributed by atoms with Crippen molar-refractivity contribution in [2.45, 2.75) is 0 Å². The van der Waals surface area contributed by atoms with Crippen LogP contribution in [0.4, 0.5) is 28.8 Å². The maximum absolute atomic E-state index is 13.2. The number of benzene rings is 2. The summed E-state index contributed by atoms with van der Waals surface area (Å²) in [4.78, 5) is 35.5. The van der Waals surface area contributed by atoms with Crippen LogP contribution in [0, 0.1) is 0 Å². The molecule has 2 aromatic carbocycles. The van der Waals surface area contributed by atoms with Crippen molar-refractivity contribution in [2.75, 3.05) is 68.6 Å². The molecular weight excluding hydrogens is 594 g/mol. The predicted molar refractivity (Wildman–Crippen MR) is 164 cm³/mol. The first-order valence-electron chi connectivity index (χ1n) is 12.6. The van der Waals surface area contributed by atoms with Gasteiger partial charge in [-0.05, 0) is 53.3 Å². The van der Waals surface area contributed by atoms with Crippen molar-refractivity contribution in [2.24, 2.45) is 0 Å². The van der Waals surface area contributed by atoms with Crippen molar-refractivity contribution < 1.29 is 9.53 Å². The molecule has 5 rings (SSSR count). The van der Waals surface area contributed by atoms with Gasteiger partial charge < -0.3 is 29.5 Å². The largest absolute Gasteiger partial charge is 0.495 e. The van der Waals surface area contributed by atoms with Gasteiger partial charge in [-0.15, -0.1) is 0 Å². The van der Waals surface area contributed by atoms with E-state index in [-0.39, 0.29) is 5.91 Å². The summed E-state index contributed by atoms with van der Waals surface area (Å²) in [5, 5.41) is 6.66. The van der Waals surface area contributed by atoms with Gasteiger partial charge in [0, 0.05) is 63.6 Å². The molecule has 1 fully saturated rings. The zero-order valence-corrected chi connectivity index (χ0v) is 25.1. The number of likely N-dealkylation sites (N-methyl/N-ethyl adjacent to an activating group) is 1. The smallest absolute Gasteiger partial charge is 0.254 e. The zero-order valence-electron chi connectivity index (χ0n) is 22.7. The number of aromatic nitrogens is 4. The Kier molecular flexibility index (Phi) is 8.52. The van der Waals surface area contributed by atoms with E-state index in [0.29, 0.717) is 46.3 Å². The Bertz CT molecular complexity index is 1530. The highest BCUT2D eigenvalue weighted by Crippen LogP contribution is 2.37. The van der Waals surface area contributed by atoms with Gasteiger partial charge in [-0.3, -0.25) is 14.8 Å². The number of hydrogen-bond acceptors (Lipinski definition) is 11. The molecule has 0 unspecified atom stereocenters. The SMILES string of the molecule is COc1ccc(C(=O)N2CCN(C)CC2)cc1Nc1ncc(Br)c(Nc2ccc3nccnc3c2N(C)SC)n1. The molecule has 1 amide bonds. The van der Waals surface area contributed by atoms with Crippen molar-refractivity contribution in [3.63, 3.8) is 0 Å². The molecule has 0 atom stereocenters. The first-order chi connectivity index (χ1) is 19.4. The molecule has 3 heterocycles. The lowest BCUT2D eigenvalue weighted by atomic mass is 10.1. The molecule has 2 N–H and O–H groups in total. The quantitative estimate of drug-likeness (QED) is 0.264. The van der Waals surface area contributed by atoms with Crippen LogP contribution in [-0.4, -0.2) is 89.3 Å². The Morgan fingerprint density at radius 2 is 1.82 bits per heavy atom. The van der Waals surface area contributed by atoms with Crippen molar-refractivity contribution in [1.82, 2.24) is 29.7 Å². The lowest BCUT2D eigenvalue weighted by molar-refractivity contribution is 0.0664. The average molecular weight is 625 g/mol. The van der Waals surface area contributed by atoms with E-state index in [9.17, 15) is 4.79 Å². The number of piperazine rings is 1. The second-order valence-corrected chi connectivity index (χ2v) is 11.0. The molecule has 1 aliphatic heterocycles. The molecule has 208 valence electrons. The van der Waals surface area contributed by atoms with E-state index in [1.165, 1.54) is 0 Å². The van der Waals surface area contributed by atoms with Crippen molar-refractivity contribution >= 4 is 73.6 Å². The first-order valence-corrected chi connectivity index (χ1v) is 14.6. The minimum absolute atomic E-state index is 0.0114. The van der Waals surface area contributed by atoms with Gasteiger partial charge in [0.15, 0.2) is 0 Å². The normalized spacial score (nSPS) is 13.8. The number of ether oxygens (including phenoxy) is 1. The Morgan fingerprint density at radius 3 is 2.58 bits per heavy atom. The highest BCUT2D eigenvalue weighted by atomic mass is 79.9. The fourth-order valence-corrected chi connectivity index (χ4v) is 5.08. The Labute approximate surface area is 245 Å². The Balaban J connectivity index is 1.43. The van der Waals surface area contributed by atoms with Crippen molar-refractivity contribution in [3.8, 4) is 5.75 Å². The zero-order chi connectivity index (χ0) is 28.2. The fourth-order valence-electron chi connectivity index (χ4n) is 4.43. The summed E-state index contributed by atoms with van der Waals surface area (Å²) in [6.07, 6.45) is 7.03. The summed E-state index contributed by atoms with van der Waals surface area (Å²) < 4.78 is 8.27. The molecule has 0 aliphatic carbocycles. The predicted octanol–water partition coefficient (Wildman–Crippen LogP) is 4.78. The number of halogens is 1. The first kappa shape index (κ1) is 27.9. The molecule has 0 radical (unpaired) electrons. The van der Waals surface area contributed by atoms with Crippen molar-refractivity contribution in [3.05, 3.63) is 59.0 Å². The van der Waals surface area contributed by atoms with Crippen LogP contribution in [0.3, 0.4) is 0 Å². The van der Waals surface area contributed by atoms with Gasteiger partial charge in [0.25, 0.3) is 5.91 Å². The average Bonchev–Trinajstić information content (AvgIpc) is 2.98. The summed E-state index contributed by atoms with van der Waals surface area (Å²) in [5.74, 6) is 1.46. The highest BCUT2D eigenvalue weighted by Gasteiger charge is 2.22. The third-order valence-corrected chi connectivity index (χ3v) is 7.99. The molecule has 0 spiro atoms. The minimum atomic E-state index is -0.0114. The number of carbonyl (C=O) groups is 1. The number of carbonyl (C=O) groups excluding carboxylic acids is 1. The number of nitrogens with zero attached hydrogens (tertiary/aromatic N) is 7. The summed E-state index contributed by atoms with van der Waals surface area (Å²) >= 11 is 5.13. The van der Waals surface area contributed by atoms with E-state index < -0.39 is 0 Å². The van der Waals surface area contributed by atoms with Crippen LogP contribution in [0.2, 0.25) is 0 Å². The Morgan fingerprint density at radius 1 is 1.05 bits per heavy atom. The minimum Gasteiger partial charge on any atom is -0.495 e. The number of fused-ring (bicyclic) bond motifs is 1. The number of methoxy groups -OCH3 is 1. The van der Waals surface area contributed by atoms with E-state index in [1.807, 2.05) is 34.6 Å². The van der Waals surface area contributed by atoms with Crippen LogP contribution >= 0.6 is 27.9 Å². The molecule has 1 saturated heterocycles. The van der Waals surface area contributed by atoms with Gasteiger partial charge >= 0.3 is 0 Å². The molecule has 4 aromatic rings. The van der Waals surface area contributed by atoms with Gasteiger partial charge in [-0.25, -0.2) is 4.98 Å². The number of amides is 1. The van der Waals surface area contributed by atoms with Crippen LogP contribution in [0.15, 0.2) is 53.4 Å². The summed E-state index contributed by atoms with van der Waals surface area (Å²) in [7, 11) is 5.63. The second kappa shape index (κ2) is 12.2. The lowest BCUT2D eigenvalue weighted by Crippen LogP contribution is -2.47. The van der Waals surface area contributed by atoms with E-state index in [4.69, 9.17) is 9.72 Å². The van der Waals surface area contributed by atoms with Crippen LogP contribution in [0.1, 0.15) is 10.4 Å². The maximum Gasteiger partial charge on any atom is 0.254 e. The topological polar surface area (TPSA) is 112 Å². The molecule has 0 bridgehead atoms. The lowest BCUT2D eigenvalue weighted by Gasteiger charge is -2.32. The number of anilines is 5. The van der Waals surface area contributed by atoms with E-state index in [0.717, 1.165) is 35.5 Å². The highest BCUT2D eigenvalue weighted by molar-refractivity contribution is 9.10. The summed E-state index contributed by atoms with van der Waals surface area (Å²) in [6.45, 7) is 3.10.